The van der Waals surface area contributed by atoms with Gasteiger partial charge in [-0.3, -0.25) is 0 Å². The Labute approximate surface area is 856 Å². The first-order chi connectivity index (χ1) is 67.7. The number of anilines is 8. The van der Waals surface area contributed by atoms with Gasteiger partial charge in [-0.1, -0.05) is 297 Å². The first kappa shape index (κ1) is 132. The van der Waals surface area contributed by atoms with Crippen molar-refractivity contribution < 1.29 is 57.3 Å². The number of unbranched alkanes of at least 4 members (excludes halogenated alkanes) is 8. The lowest BCUT2D eigenvalue weighted by atomic mass is 9.99. The van der Waals surface area contributed by atoms with E-state index in [1.54, 1.807) is 12.1 Å². The number of benzene rings is 4. The summed E-state index contributed by atoms with van der Waals surface area (Å²) in [6.07, 6.45) is 40.6. The molecule has 0 spiro atoms. The number of amides is 16. The van der Waals surface area contributed by atoms with Crippen molar-refractivity contribution in [2.24, 2.45) is 47.3 Å². The van der Waals surface area contributed by atoms with E-state index < -0.39 is 0 Å². The third kappa shape index (κ3) is 66.4. The van der Waals surface area contributed by atoms with Crippen LogP contribution in [-0.4, -0.2) is 153 Å². The van der Waals surface area contributed by atoms with Crippen LogP contribution in [0.25, 0.3) is 0 Å². The molecule has 808 valence electrons. The molecule has 0 heterocycles. The summed E-state index contributed by atoms with van der Waals surface area (Å²) < 4.78 is 23.2. The summed E-state index contributed by atoms with van der Waals surface area (Å²) in [7, 11) is 0. The lowest BCUT2D eigenvalue weighted by molar-refractivity contribution is 0.0924. The summed E-state index contributed by atoms with van der Waals surface area (Å²) in [5.74, 6) is 4.53. The van der Waals surface area contributed by atoms with Gasteiger partial charge in [-0.2, -0.15) is 0 Å². The van der Waals surface area contributed by atoms with Crippen LogP contribution >= 0.6 is 0 Å². The monoisotopic (exact) mass is 1980 g/mol. The number of nitrogens with one attached hydrogen (secondary N) is 16. The van der Waals surface area contributed by atoms with Gasteiger partial charge in [0, 0.05) is 151 Å². The highest BCUT2D eigenvalue weighted by Gasteiger charge is 2.20. The minimum atomic E-state index is -0.274. The van der Waals surface area contributed by atoms with Gasteiger partial charge in [0.25, 0.3) is 0 Å². The van der Waals surface area contributed by atoms with Crippen molar-refractivity contribution in [1.29, 1.82) is 0 Å². The van der Waals surface area contributed by atoms with Gasteiger partial charge in [-0.15, -0.1) is 0 Å². The zero-order chi connectivity index (χ0) is 104. The van der Waals surface area contributed by atoms with E-state index in [0.717, 1.165) is 151 Å². The Kier molecular flexibility index (Phi) is 81.8. The Morgan fingerprint density at radius 3 is 0.638 bits per heavy atom. The van der Waals surface area contributed by atoms with Crippen LogP contribution in [0.5, 0.6) is 0 Å². The van der Waals surface area contributed by atoms with Gasteiger partial charge in [-0.25, -0.2) is 38.4 Å². The first-order valence-corrected chi connectivity index (χ1v) is 54.8. The average molecular weight is 1980 g/mol. The molecule has 0 radical (unpaired) electrons. The molecule has 4 aromatic rings. The summed E-state index contributed by atoms with van der Waals surface area (Å²) in [5, 5.41) is 46.5. The molecule has 16 amide bonds. The molecule has 28 nitrogen and oxygen atoms in total. The predicted molar refractivity (Wildman–Crippen MR) is 596 cm³/mol. The molecule has 16 N–H and O–H groups in total. The SMILES string of the molecule is C.CCCCC(CC)CNC(=O)Nc1ccc(C)c(NC(=O)NCC(CC)CCCC)c1.CCCCC(CC)CNC(=O)Nc1cccc(NC(=O)NCC(CC)CCCC)c1C.CCCCC(CC)COCCCNC(=O)Nc1ccc(C)c(NC(=O)NCCCOCC(CC)CCCC)c1.CCCCC(CC)COCCCNC(=O)Nc1cccc(NC(=O)NCCCOCC(CC)CCCC)c1C. The standard InChI is InChI=1S/2C31H56N4O4.2C25H44N4O2.CH4/c1-6-10-15-26(8-3)23-38-21-13-19-32-30(36)34-28-17-12-18-29(25(28)5)35-31(37)33-20-14-22-39-24-27(9-4)16-11-7-2;1-6-10-14-26(8-3)23-38-20-12-18-32-30(36)34-28-17-16-25(5)29(22-28)35-31(37)33-19-13-21-39-24-27(9-4)15-11-7-2;1-6-10-13-20(8-3)17-26-24(30)28-22-15-12-16-23(19(22)5)29-25(31)27-18-21(9-4)14-11-7-2;1-6-10-12-20(8-3)17-26-24(30)28-22-15-14-19(5)23(16-22)29-25(31)27-18-21(9-4)13-11-7-2;/h12,17-18,26-27H,6-11,13-16,19-24H2,1-5H3,(H2,32,34,36)(H2,33,35,37);16-17,22,26-27H,6-15,18-21,23-24H2,1-5H3,(H2,32,34,36)(H2,33,35,37);12,15-16,20-21H,6-11,13-14,17-18H2,1-5H3,(H2,26,28,30)(H2,27,29,31);14-16,20-21H,6-13,17-18H2,1-5H3,(H2,26,28,30)(H2,27,29,31);1H4. The fourth-order valence-electron chi connectivity index (χ4n) is 15.6. The van der Waals surface area contributed by atoms with Crippen molar-refractivity contribution in [3.05, 3.63) is 95.1 Å². The first-order valence-electron chi connectivity index (χ1n) is 54.8. The molecule has 8 unspecified atom stereocenters. The van der Waals surface area contributed by atoms with E-state index >= 15 is 0 Å². The Morgan fingerprint density at radius 1 is 0.234 bits per heavy atom. The van der Waals surface area contributed by atoms with Crippen LogP contribution in [0.15, 0.2) is 72.8 Å². The minimum Gasteiger partial charge on any atom is -0.381 e. The maximum absolute atomic E-state index is 12.4. The molecule has 0 aliphatic carbocycles. The van der Waals surface area contributed by atoms with E-state index in [9.17, 15) is 38.4 Å². The van der Waals surface area contributed by atoms with Crippen molar-refractivity contribution in [2.75, 3.05) is 148 Å². The predicted octanol–water partition coefficient (Wildman–Crippen LogP) is 28.9. The van der Waals surface area contributed by atoms with E-state index in [-0.39, 0.29) is 55.7 Å². The van der Waals surface area contributed by atoms with E-state index in [1.807, 2.05) is 88.4 Å². The third-order valence-electron chi connectivity index (χ3n) is 26.1. The lowest BCUT2D eigenvalue weighted by Gasteiger charge is -2.18. The third-order valence-corrected chi connectivity index (χ3v) is 26.1. The number of rotatable bonds is 72. The highest BCUT2D eigenvalue weighted by molar-refractivity contribution is 5.97. The van der Waals surface area contributed by atoms with Crippen LogP contribution in [-0.2, 0) is 18.9 Å². The smallest absolute Gasteiger partial charge is 0.319 e. The maximum Gasteiger partial charge on any atom is 0.319 e. The van der Waals surface area contributed by atoms with Gasteiger partial charge in [-0.05, 0) is 223 Å². The van der Waals surface area contributed by atoms with E-state index in [4.69, 9.17) is 18.9 Å². The molecule has 0 saturated heterocycles. The highest BCUT2D eigenvalue weighted by atomic mass is 16.5. The van der Waals surface area contributed by atoms with Crippen molar-refractivity contribution in [3.63, 3.8) is 0 Å². The molecule has 141 heavy (non-hydrogen) atoms. The fourth-order valence-corrected chi connectivity index (χ4v) is 15.6. The Morgan fingerprint density at radius 2 is 0.426 bits per heavy atom. The number of aryl methyl sites for hydroxylation is 2. The van der Waals surface area contributed by atoms with Gasteiger partial charge >= 0.3 is 48.2 Å². The topological polar surface area (TPSA) is 366 Å². The number of carbonyl (C=O) groups excluding carboxylic acids is 8. The van der Waals surface area contributed by atoms with Crippen molar-refractivity contribution in [1.82, 2.24) is 42.5 Å². The normalized spacial score (nSPS) is 12.5. The zero-order valence-electron chi connectivity index (χ0n) is 91.2. The summed E-state index contributed by atoms with van der Waals surface area (Å²) in [6, 6.07) is 20.1. The largest absolute Gasteiger partial charge is 0.381 e. The van der Waals surface area contributed by atoms with Crippen LogP contribution in [0.3, 0.4) is 0 Å². The molecular formula is C113H204N16O12. The van der Waals surface area contributed by atoms with Crippen LogP contribution in [0.2, 0.25) is 0 Å². The van der Waals surface area contributed by atoms with Gasteiger partial charge in [0.15, 0.2) is 0 Å². The fraction of sp³-hybridized carbons (Fsp3) is 0.717. The zero-order valence-corrected chi connectivity index (χ0v) is 91.2. The average Bonchev–Trinajstić information content (AvgIpc) is 0.857. The second-order valence-electron chi connectivity index (χ2n) is 37.9. The maximum atomic E-state index is 12.4. The number of hydrogen-bond donors (Lipinski definition) is 16. The van der Waals surface area contributed by atoms with Crippen LogP contribution in [0.1, 0.15) is 372 Å². The summed E-state index contributed by atoms with van der Waals surface area (Å²) in [4.78, 5) is 98.8. The molecule has 28 heteroatoms. The molecule has 0 fully saturated rings. The molecule has 0 bridgehead atoms. The Hall–Kier alpha value is -9.12. The van der Waals surface area contributed by atoms with Crippen molar-refractivity contribution in [3.8, 4) is 0 Å². The van der Waals surface area contributed by atoms with Crippen molar-refractivity contribution in [2.45, 2.75) is 377 Å². The van der Waals surface area contributed by atoms with Crippen LogP contribution in [0, 0.1) is 75.0 Å². The second-order valence-corrected chi connectivity index (χ2v) is 37.9. The Bertz CT molecular complexity index is 3670. The number of ether oxygens (including phenoxy) is 4. The molecule has 0 aromatic heterocycles. The quantitative estimate of drug-likeness (QED) is 0.0183. The van der Waals surface area contributed by atoms with Gasteiger partial charge < -0.3 is 104 Å². The number of urea groups is 8. The molecule has 0 aliphatic heterocycles. The molecule has 0 saturated carbocycles. The summed E-state index contributed by atoms with van der Waals surface area (Å²) in [5.41, 5.74) is 8.85. The molecule has 8 atom stereocenters. The van der Waals surface area contributed by atoms with Crippen molar-refractivity contribution >= 4 is 93.7 Å². The molecular weight excluding hydrogens is 1770 g/mol. The Balaban J connectivity index is 0.00000186. The lowest BCUT2D eigenvalue weighted by Crippen LogP contribution is -2.34. The van der Waals surface area contributed by atoms with Gasteiger partial charge in [0.05, 0.1) is 0 Å². The van der Waals surface area contributed by atoms with Crippen LogP contribution < -0.4 is 85.1 Å². The number of carbonyl (C=O) groups is 8. The second kappa shape index (κ2) is 87.5. The van der Waals surface area contributed by atoms with E-state index in [0.29, 0.717) is 172 Å². The molecule has 4 aromatic carbocycles. The van der Waals surface area contributed by atoms with Gasteiger partial charge in [0.2, 0.25) is 0 Å². The minimum absolute atomic E-state index is 0. The van der Waals surface area contributed by atoms with E-state index in [2.05, 4.69) is 196 Å². The van der Waals surface area contributed by atoms with Crippen LogP contribution in [0.4, 0.5) is 83.9 Å². The summed E-state index contributed by atoms with van der Waals surface area (Å²) >= 11 is 0. The van der Waals surface area contributed by atoms with Gasteiger partial charge in [0.1, 0.15) is 0 Å². The molecule has 0 aliphatic rings. The molecule has 4 rings (SSSR count). The highest BCUT2D eigenvalue weighted by Crippen LogP contribution is 2.28. The number of hydrogen-bond acceptors (Lipinski definition) is 12. The van der Waals surface area contributed by atoms with E-state index in [1.165, 1.54) is 128 Å². The summed E-state index contributed by atoms with van der Waals surface area (Å²) in [6.45, 7) is 53.3.